The average molecular weight is 320 g/mol. The molecule has 2 rings (SSSR count). The van der Waals surface area contributed by atoms with Crippen molar-refractivity contribution in [2.24, 2.45) is 0 Å². The lowest BCUT2D eigenvalue weighted by atomic mass is 10.1. The van der Waals surface area contributed by atoms with Gasteiger partial charge < -0.3 is 10.1 Å². The Morgan fingerprint density at radius 1 is 1.11 bits per heavy atom. The maximum absolute atomic E-state index is 5.26. The third-order valence-electron chi connectivity index (χ3n) is 3.12. The summed E-state index contributed by atoms with van der Waals surface area (Å²) in [5.41, 5.74) is 3.71. The molecule has 0 aromatic heterocycles. The number of rotatable bonds is 5. The zero-order valence-corrected chi connectivity index (χ0v) is 12.8. The van der Waals surface area contributed by atoms with Crippen LogP contribution >= 0.6 is 15.9 Å². The predicted molar refractivity (Wildman–Crippen MR) is 83.8 cm³/mol. The van der Waals surface area contributed by atoms with Crippen LogP contribution in [0.4, 0.5) is 5.69 Å². The number of methoxy groups -OCH3 is 1. The molecule has 0 aliphatic rings. The van der Waals surface area contributed by atoms with E-state index in [1.54, 1.807) is 7.11 Å². The zero-order valence-electron chi connectivity index (χ0n) is 11.2. The number of benzene rings is 2. The molecule has 2 aromatic rings. The number of ether oxygens (including phenoxy) is 1. The molecule has 0 aliphatic carbocycles. The first-order chi connectivity index (χ1) is 9.24. The molecule has 0 aliphatic heterocycles. The molecule has 0 bridgehead atoms. The van der Waals surface area contributed by atoms with Gasteiger partial charge in [-0.1, -0.05) is 41.1 Å². The van der Waals surface area contributed by atoms with E-state index >= 15 is 0 Å². The van der Waals surface area contributed by atoms with E-state index in [-0.39, 0.29) is 0 Å². The van der Waals surface area contributed by atoms with Gasteiger partial charge in [0.25, 0.3) is 0 Å². The van der Waals surface area contributed by atoms with E-state index < -0.39 is 0 Å². The Labute approximate surface area is 122 Å². The maximum Gasteiger partial charge on any atom is 0.119 e. The molecule has 0 amide bonds. The van der Waals surface area contributed by atoms with Gasteiger partial charge in [0.15, 0.2) is 0 Å². The van der Waals surface area contributed by atoms with E-state index in [1.165, 1.54) is 16.8 Å². The minimum Gasteiger partial charge on any atom is -0.497 e. The van der Waals surface area contributed by atoms with Gasteiger partial charge in [-0.2, -0.15) is 0 Å². The summed E-state index contributed by atoms with van der Waals surface area (Å²) in [5.74, 6) is 0.878. The number of para-hydroxylation sites is 1. The van der Waals surface area contributed by atoms with Crippen LogP contribution in [0, 0.1) is 0 Å². The van der Waals surface area contributed by atoms with Gasteiger partial charge in [-0.05, 0) is 41.8 Å². The fraction of sp³-hybridized carbons (Fsp3) is 0.250. The van der Waals surface area contributed by atoms with Gasteiger partial charge in [0, 0.05) is 16.7 Å². The van der Waals surface area contributed by atoms with Crippen molar-refractivity contribution < 1.29 is 4.74 Å². The summed E-state index contributed by atoms with van der Waals surface area (Å²) in [6.45, 7) is 2.94. The Morgan fingerprint density at radius 3 is 2.63 bits per heavy atom. The number of anilines is 1. The molecule has 100 valence electrons. The third-order valence-corrected chi connectivity index (χ3v) is 3.89. The van der Waals surface area contributed by atoms with Crippen molar-refractivity contribution in [1.29, 1.82) is 0 Å². The first-order valence-electron chi connectivity index (χ1n) is 6.38. The summed E-state index contributed by atoms with van der Waals surface area (Å²) in [6, 6.07) is 14.4. The normalized spacial score (nSPS) is 10.3. The Morgan fingerprint density at radius 2 is 1.89 bits per heavy atom. The fourth-order valence-corrected chi connectivity index (χ4v) is 2.39. The van der Waals surface area contributed by atoms with Gasteiger partial charge in [0.05, 0.1) is 7.11 Å². The van der Waals surface area contributed by atoms with E-state index in [0.717, 1.165) is 23.2 Å². The van der Waals surface area contributed by atoms with Crippen LogP contribution in [0.2, 0.25) is 0 Å². The Kier molecular flexibility index (Phi) is 4.86. The van der Waals surface area contributed by atoms with Crippen molar-refractivity contribution in [3.05, 3.63) is 58.1 Å². The number of aryl methyl sites for hydroxylation is 1. The van der Waals surface area contributed by atoms with Crippen molar-refractivity contribution in [3.8, 4) is 5.75 Å². The Hall–Kier alpha value is -1.48. The fourth-order valence-electron chi connectivity index (χ4n) is 2.01. The first kappa shape index (κ1) is 13.9. The van der Waals surface area contributed by atoms with Gasteiger partial charge in [0.1, 0.15) is 5.75 Å². The topological polar surface area (TPSA) is 21.3 Å². The lowest BCUT2D eigenvalue weighted by molar-refractivity contribution is 0.414. The Bertz CT molecular complexity index is 554. The molecule has 0 saturated heterocycles. The number of hydrogen-bond acceptors (Lipinski definition) is 2. The Balaban J connectivity index is 2.14. The lowest BCUT2D eigenvalue weighted by Gasteiger charge is -2.12. The molecule has 0 saturated carbocycles. The van der Waals surface area contributed by atoms with Gasteiger partial charge in [-0.3, -0.25) is 0 Å². The second kappa shape index (κ2) is 6.62. The van der Waals surface area contributed by atoms with Crippen LogP contribution in [0.25, 0.3) is 0 Å². The van der Waals surface area contributed by atoms with Crippen LogP contribution in [0.5, 0.6) is 5.75 Å². The van der Waals surface area contributed by atoms with Crippen LogP contribution in [-0.2, 0) is 13.0 Å². The van der Waals surface area contributed by atoms with Crippen molar-refractivity contribution in [2.75, 3.05) is 12.4 Å². The molecule has 19 heavy (non-hydrogen) atoms. The standard InChI is InChI=1S/C16H18BrNO/c1-3-12-6-4-5-7-16(12)18-11-13-10-14(19-2)8-9-15(13)17/h4-10,18H,3,11H2,1-2H3. The maximum atomic E-state index is 5.26. The summed E-state index contributed by atoms with van der Waals surface area (Å²) in [5, 5.41) is 3.49. The lowest BCUT2D eigenvalue weighted by Crippen LogP contribution is -2.03. The van der Waals surface area contributed by atoms with E-state index in [9.17, 15) is 0 Å². The predicted octanol–water partition coefficient (Wildman–Crippen LogP) is 4.63. The molecular formula is C16H18BrNO. The monoisotopic (exact) mass is 319 g/mol. The summed E-state index contributed by atoms with van der Waals surface area (Å²) in [7, 11) is 1.69. The summed E-state index contributed by atoms with van der Waals surface area (Å²) < 4.78 is 6.35. The highest BCUT2D eigenvalue weighted by Crippen LogP contribution is 2.24. The molecule has 0 heterocycles. The highest BCUT2D eigenvalue weighted by atomic mass is 79.9. The molecule has 0 unspecified atom stereocenters. The van der Waals surface area contributed by atoms with Gasteiger partial charge >= 0.3 is 0 Å². The van der Waals surface area contributed by atoms with E-state index in [2.05, 4.69) is 52.4 Å². The summed E-state index contributed by atoms with van der Waals surface area (Å²) in [4.78, 5) is 0. The van der Waals surface area contributed by atoms with Gasteiger partial charge in [0.2, 0.25) is 0 Å². The van der Waals surface area contributed by atoms with Crippen LogP contribution < -0.4 is 10.1 Å². The molecule has 2 aromatic carbocycles. The summed E-state index contributed by atoms with van der Waals surface area (Å²) >= 11 is 3.57. The molecule has 0 radical (unpaired) electrons. The SMILES string of the molecule is CCc1ccccc1NCc1cc(OC)ccc1Br. The van der Waals surface area contributed by atoms with Crippen LogP contribution in [0.15, 0.2) is 46.9 Å². The van der Waals surface area contributed by atoms with Crippen LogP contribution in [-0.4, -0.2) is 7.11 Å². The highest BCUT2D eigenvalue weighted by Gasteiger charge is 2.04. The van der Waals surface area contributed by atoms with Crippen molar-refractivity contribution in [1.82, 2.24) is 0 Å². The van der Waals surface area contributed by atoms with Crippen molar-refractivity contribution >= 4 is 21.6 Å². The van der Waals surface area contributed by atoms with Gasteiger partial charge in [-0.15, -0.1) is 0 Å². The van der Waals surface area contributed by atoms with E-state index in [4.69, 9.17) is 4.74 Å². The summed E-state index contributed by atoms with van der Waals surface area (Å²) in [6.07, 6.45) is 1.03. The van der Waals surface area contributed by atoms with Crippen LogP contribution in [0.1, 0.15) is 18.1 Å². The molecule has 1 N–H and O–H groups in total. The number of nitrogens with one attached hydrogen (secondary N) is 1. The second-order valence-electron chi connectivity index (χ2n) is 4.32. The minimum atomic E-state index is 0.773. The van der Waals surface area contributed by atoms with Crippen molar-refractivity contribution in [2.45, 2.75) is 19.9 Å². The van der Waals surface area contributed by atoms with Crippen molar-refractivity contribution in [3.63, 3.8) is 0 Å². The zero-order chi connectivity index (χ0) is 13.7. The third kappa shape index (κ3) is 3.51. The quantitative estimate of drug-likeness (QED) is 0.867. The second-order valence-corrected chi connectivity index (χ2v) is 5.18. The number of halogens is 1. The first-order valence-corrected chi connectivity index (χ1v) is 7.18. The number of hydrogen-bond donors (Lipinski definition) is 1. The smallest absolute Gasteiger partial charge is 0.119 e. The van der Waals surface area contributed by atoms with E-state index in [1.807, 2.05) is 18.2 Å². The highest BCUT2D eigenvalue weighted by molar-refractivity contribution is 9.10. The molecular weight excluding hydrogens is 302 g/mol. The molecule has 0 atom stereocenters. The van der Waals surface area contributed by atoms with Gasteiger partial charge in [-0.25, -0.2) is 0 Å². The molecule has 2 nitrogen and oxygen atoms in total. The van der Waals surface area contributed by atoms with E-state index in [0.29, 0.717) is 0 Å². The molecule has 0 fully saturated rings. The largest absolute Gasteiger partial charge is 0.497 e. The average Bonchev–Trinajstić information content (AvgIpc) is 2.46. The minimum absolute atomic E-state index is 0.773. The molecule has 3 heteroatoms. The molecule has 0 spiro atoms. The van der Waals surface area contributed by atoms with Crippen LogP contribution in [0.3, 0.4) is 0 Å².